The van der Waals surface area contributed by atoms with E-state index in [2.05, 4.69) is 54.7 Å². The highest BCUT2D eigenvalue weighted by atomic mass is 32.2. The minimum absolute atomic E-state index is 0.0309. The molecule has 0 aromatic heterocycles. The third-order valence-electron chi connectivity index (χ3n) is 6.14. The molecule has 3 aromatic rings. The molecule has 1 aliphatic rings. The molecular weight excluding hydrogens is 464 g/mol. The maximum absolute atomic E-state index is 13.4. The minimum Gasteiger partial charge on any atom is -0.351 e. The third-order valence-corrected chi connectivity index (χ3v) is 8.71. The van der Waals surface area contributed by atoms with Crippen molar-refractivity contribution in [1.29, 1.82) is 0 Å². The standard InChI is InChI=1S/C27H30N2O3S2/c1-18-13-19(2)26(20(3)14-18)33-29-17-23-8-6-5-7-22(23)15-25(29)27(30)28-16-21-9-11-24(12-10-21)34(4,31)32/h5-14,25H,15-17H2,1-4H3,(H,28,30). The molecule has 0 aliphatic carbocycles. The average Bonchev–Trinajstić information content (AvgIpc) is 2.79. The van der Waals surface area contributed by atoms with E-state index < -0.39 is 9.84 Å². The van der Waals surface area contributed by atoms with Gasteiger partial charge in [-0.2, -0.15) is 0 Å². The molecule has 0 saturated heterocycles. The van der Waals surface area contributed by atoms with Gasteiger partial charge in [0.1, 0.15) is 6.04 Å². The number of nitrogens with zero attached hydrogens (tertiary/aromatic N) is 1. The van der Waals surface area contributed by atoms with Crippen LogP contribution in [0.3, 0.4) is 0 Å². The number of carbonyl (C=O) groups excluding carboxylic acids is 1. The van der Waals surface area contributed by atoms with Gasteiger partial charge in [0, 0.05) is 24.2 Å². The lowest BCUT2D eigenvalue weighted by molar-refractivity contribution is -0.125. The van der Waals surface area contributed by atoms with Crippen LogP contribution in [0.15, 0.2) is 70.5 Å². The summed E-state index contributed by atoms with van der Waals surface area (Å²) >= 11 is 1.66. The summed E-state index contributed by atoms with van der Waals surface area (Å²) in [5.74, 6) is -0.0309. The summed E-state index contributed by atoms with van der Waals surface area (Å²) < 4.78 is 25.6. The number of benzene rings is 3. The van der Waals surface area contributed by atoms with Crippen LogP contribution in [0, 0.1) is 20.8 Å². The van der Waals surface area contributed by atoms with E-state index in [1.165, 1.54) is 39.0 Å². The smallest absolute Gasteiger partial charge is 0.238 e. The predicted molar refractivity (Wildman–Crippen MR) is 137 cm³/mol. The number of hydrogen-bond donors (Lipinski definition) is 1. The van der Waals surface area contributed by atoms with Crippen LogP contribution in [0.1, 0.15) is 33.4 Å². The number of rotatable bonds is 6. The Balaban J connectivity index is 1.54. The summed E-state index contributed by atoms with van der Waals surface area (Å²) in [7, 11) is -3.24. The van der Waals surface area contributed by atoms with Crippen molar-refractivity contribution in [2.24, 2.45) is 0 Å². The van der Waals surface area contributed by atoms with Gasteiger partial charge in [0.25, 0.3) is 0 Å². The molecule has 1 unspecified atom stereocenters. The molecule has 0 fully saturated rings. The molecule has 1 aliphatic heterocycles. The monoisotopic (exact) mass is 494 g/mol. The van der Waals surface area contributed by atoms with Gasteiger partial charge in [0.15, 0.2) is 9.84 Å². The molecule has 0 bridgehead atoms. The fourth-order valence-corrected chi connectivity index (χ4v) is 6.18. The van der Waals surface area contributed by atoms with Crippen molar-refractivity contribution in [3.8, 4) is 0 Å². The number of nitrogens with one attached hydrogen (secondary N) is 1. The van der Waals surface area contributed by atoms with E-state index in [4.69, 9.17) is 0 Å². The quantitative estimate of drug-likeness (QED) is 0.500. The fraction of sp³-hybridized carbons (Fsp3) is 0.296. The molecule has 1 atom stereocenters. The Morgan fingerprint density at radius 1 is 1.00 bits per heavy atom. The molecule has 0 saturated carbocycles. The van der Waals surface area contributed by atoms with Gasteiger partial charge in [-0.1, -0.05) is 54.1 Å². The summed E-state index contributed by atoms with van der Waals surface area (Å²) in [6, 6.07) is 19.0. The van der Waals surface area contributed by atoms with Gasteiger partial charge in [-0.15, -0.1) is 0 Å². The Morgan fingerprint density at radius 3 is 2.24 bits per heavy atom. The first kappa shape index (κ1) is 24.5. The second-order valence-electron chi connectivity index (χ2n) is 9.02. The van der Waals surface area contributed by atoms with Crippen molar-refractivity contribution >= 4 is 27.7 Å². The van der Waals surface area contributed by atoms with Gasteiger partial charge >= 0.3 is 0 Å². The highest BCUT2D eigenvalue weighted by molar-refractivity contribution is 7.97. The highest BCUT2D eigenvalue weighted by Gasteiger charge is 2.32. The van der Waals surface area contributed by atoms with Gasteiger partial charge in [0.2, 0.25) is 5.91 Å². The number of fused-ring (bicyclic) bond motifs is 1. The first-order valence-corrected chi connectivity index (χ1v) is 13.9. The van der Waals surface area contributed by atoms with E-state index in [0.29, 0.717) is 19.5 Å². The first-order chi connectivity index (χ1) is 16.1. The van der Waals surface area contributed by atoms with Gasteiger partial charge in [0.05, 0.1) is 4.90 Å². The lowest BCUT2D eigenvalue weighted by atomic mass is 9.95. The minimum atomic E-state index is -3.24. The summed E-state index contributed by atoms with van der Waals surface area (Å²) in [6.07, 6.45) is 1.83. The molecule has 7 heteroatoms. The van der Waals surface area contributed by atoms with Crippen LogP contribution in [0.25, 0.3) is 0 Å². The SMILES string of the molecule is Cc1cc(C)c(SN2Cc3ccccc3CC2C(=O)NCc2ccc(S(C)(=O)=O)cc2)c(C)c1. The Hall–Kier alpha value is -2.61. The van der Waals surface area contributed by atoms with Crippen molar-refractivity contribution in [2.45, 2.75) is 56.1 Å². The average molecular weight is 495 g/mol. The van der Waals surface area contributed by atoms with Crippen LogP contribution in [-0.2, 0) is 34.1 Å². The number of carbonyl (C=O) groups is 1. The van der Waals surface area contributed by atoms with Crippen molar-refractivity contribution in [1.82, 2.24) is 9.62 Å². The molecule has 0 spiro atoms. The molecule has 178 valence electrons. The molecule has 34 heavy (non-hydrogen) atoms. The zero-order chi connectivity index (χ0) is 24.5. The van der Waals surface area contributed by atoms with E-state index in [1.807, 2.05) is 12.1 Å². The second-order valence-corrected chi connectivity index (χ2v) is 12.1. The zero-order valence-electron chi connectivity index (χ0n) is 20.0. The number of hydrogen-bond acceptors (Lipinski definition) is 5. The van der Waals surface area contributed by atoms with E-state index >= 15 is 0 Å². The van der Waals surface area contributed by atoms with E-state index in [1.54, 1.807) is 36.2 Å². The fourth-order valence-electron chi connectivity index (χ4n) is 4.41. The molecule has 4 rings (SSSR count). The molecule has 1 N–H and O–H groups in total. The number of aryl methyl sites for hydroxylation is 3. The van der Waals surface area contributed by atoms with Crippen LogP contribution in [0.2, 0.25) is 0 Å². The van der Waals surface area contributed by atoms with Gasteiger partial charge in [-0.3, -0.25) is 4.79 Å². The van der Waals surface area contributed by atoms with Crippen LogP contribution in [-0.4, -0.2) is 30.9 Å². The molecular formula is C27H30N2O3S2. The highest BCUT2D eigenvalue weighted by Crippen LogP contribution is 2.36. The largest absolute Gasteiger partial charge is 0.351 e. The van der Waals surface area contributed by atoms with E-state index in [-0.39, 0.29) is 16.8 Å². The van der Waals surface area contributed by atoms with Gasteiger partial charge in [-0.05, 0) is 79.1 Å². The number of amides is 1. The van der Waals surface area contributed by atoms with E-state index in [0.717, 1.165) is 5.56 Å². The molecule has 1 amide bonds. The van der Waals surface area contributed by atoms with Crippen LogP contribution >= 0.6 is 11.9 Å². The summed E-state index contributed by atoms with van der Waals surface area (Å²) in [4.78, 5) is 14.8. The summed E-state index contributed by atoms with van der Waals surface area (Å²) in [6.45, 7) is 7.38. The molecule has 0 radical (unpaired) electrons. The Labute approximate surface area is 206 Å². The topological polar surface area (TPSA) is 66.5 Å². The van der Waals surface area contributed by atoms with Crippen molar-refractivity contribution in [3.63, 3.8) is 0 Å². The van der Waals surface area contributed by atoms with Crippen LogP contribution in [0.4, 0.5) is 0 Å². The predicted octanol–water partition coefficient (Wildman–Crippen LogP) is 4.77. The molecule has 3 aromatic carbocycles. The van der Waals surface area contributed by atoms with Crippen LogP contribution in [0.5, 0.6) is 0 Å². The number of sulfone groups is 1. The van der Waals surface area contributed by atoms with Gasteiger partial charge < -0.3 is 5.32 Å². The molecule has 1 heterocycles. The van der Waals surface area contributed by atoms with Gasteiger partial charge in [-0.25, -0.2) is 12.7 Å². The Bertz CT molecular complexity index is 1290. The Morgan fingerprint density at radius 2 is 1.62 bits per heavy atom. The van der Waals surface area contributed by atoms with Crippen molar-refractivity contribution in [2.75, 3.05) is 6.26 Å². The molecule has 5 nitrogen and oxygen atoms in total. The van der Waals surface area contributed by atoms with Crippen molar-refractivity contribution in [3.05, 3.63) is 94.0 Å². The maximum atomic E-state index is 13.4. The van der Waals surface area contributed by atoms with Crippen molar-refractivity contribution < 1.29 is 13.2 Å². The second kappa shape index (κ2) is 9.94. The van der Waals surface area contributed by atoms with Crippen LogP contribution < -0.4 is 5.32 Å². The summed E-state index contributed by atoms with van der Waals surface area (Å²) in [5, 5.41) is 3.07. The summed E-state index contributed by atoms with van der Waals surface area (Å²) in [5.41, 5.74) is 6.98. The van der Waals surface area contributed by atoms with E-state index in [9.17, 15) is 13.2 Å². The third kappa shape index (κ3) is 5.54. The Kier molecular flexibility index (Phi) is 7.17. The first-order valence-electron chi connectivity index (χ1n) is 11.3. The zero-order valence-corrected chi connectivity index (χ0v) is 21.6. The normalized spacial score (nSPS) is 16.2. The lowest BCUT2D eigenvalue weighted by Gasteiger charge is -2.35. The maximum Gasteiger partial charge on any atom is 0.238 e. The lowest BCUT2D eigenvalue weighted by Crippen LogP contribution is -2.47.